The van der Waals surface area contributed by atoms with Gasteiger partial charge in [-0.2, -0.15) is 5.26 Å². The standard InChI is InChI=1S/C16H15N3O4S/c17-9-13-3-1-2-4-15(13)23-11-16(20)19-10-12-5-7-14(8-6-12)24(18,21)22/h1-8H,10-11H2,(H,19,20)(H2,18,21,22). The number of rotatable bonds is 6. The monoisotopic (exact) mass is 345 g/mol. The molecule has 1 amide bonds. The van der Waals surface area contributed by atoms with E-state index in [1.54, 1.807) is 36.4 Å². The maximum Gasteiger partial charge on any atom is 0.258 e. The van der Waals surface area contributed by atoms with Gasteiger partial charge in [0.25, 0.3) is 5.91 Å². The quantitative estimate of drug-likeness (QED) is 0.805. The number of primary sulfonamides is 1. The zero-order chi connectivity index (χ0) is 17.6. The summed E-state index contributed by atoms with van der Waals surface area (Å²) in [7, 11) is -3.73. The van der Waals surface area contributed by atoms with Crippen LogP contribution < -0.4 is 15.2 Å². The van der Waals surface area contributed by atoms with Gasteiger partial charge in [-0.05, 0) is 29.8 Å². The molecule has 24 heavy (non-hydrogen) atoms. The molecule has 8 heteroatoms. The van der Waals surface area contributed by atoms with Gasteiger partial charge in [0, 0.05) is 6.54 Å². The Balaban J connectivity index is 1.86. The number of nitrogens with two attached hydrogens (primary N) is 1. The number of para-hydroxylation sites is 1. The second kappa shape index (κ2) is 7.59. The average Bonchev–Trinajstić information content (AvgIpc) is 2.58. The lowest BCUT2D eigenvalue weighted by Gasteiger charge is -2.09. The molecule has 3 N–H and O–H groups in total. The van der Waals surface area contributed by atoms with Crippen LogP contribution in [0.1, 0.15) is 11.1 Å². The predicted octanol–water partition coefficient (Wildman–Crippen LogP) is 0.901. The number of hydrogen-bond acceptors (Lipinski definition) is 5. The number of nitrogens with zero attached hydrogens (tertiary/aromatic N) is 1. The number of carbonyl (C=O) groups excluding carboxylic acids is 1. The van der Waals surface area contributed by atoms with Crippen LogP contribution in [0.5, 0.6) is 5.75 Å². The van der Waals surface area contributed by atoms with Crippen molar-refractivity contribution in [3.8, 4) is 11.8 Å². The van der Waals surface area contributed by atoms with E-state index in [1.807, 2.05) is 6.07 Å². The largest absolute Gasteiger partial charge is 0.482 e. The molecule has 0 saturated heterocycles. The van der Waals surface area contributed by atoms with E-state index in [9.17, 15) is 13.2 Å². The molecule has 0 aliphatic rings. The molecule has 0 heterocycles. The third kappa shape index (κ3) is 4.81. The van der Waals surface area contributed by atoms with Gasteiger partial charge in [0.2, 0.25) is 10.0 Å². The van der Waals surface area contributed by atoms with Crippen molar-refractivity contribution in [2.24, 2.45) is 5.14 Å². The molecule has 2 aromatic carbocycles. The number of nitrogens with one attached hydrogen (secondary N) is 1. The van der Waals surface area contributed by atoms with Crippen LogP contribution in [0.3, 0.4) is 0 Å². The van der Waals surface area contributed by atoms with E-state index in [0.29, 0.717) is 16.9 Å². The van der Waals surface area contributed by atoms with Crippen molar-refractivity contribution in [1.82, 2.24) is 5.32 Å². The molecule has 124 valence electrons. The second-order valence-electron chi connectivity index (χ2n) is 4.86. The molecular formula is C16H15N3O4S. The van der Waals surface area contributed by atoms with Gasteiger partial charge < -0.3 is 10.1 Å². The second-order valence-corrected chi connectivity index (χ2v) is 6.42. The van der Waals surface area contributed by atoms with Crippen LogP contribution in [0.15, 0.2) is 53.4 Å². The Labute approximate surface area is 139 Å². The van der Waals surface area contributed by atoms with E-state index in [0.717, 1.165) is 0 Å². The third-order valence-corrected chi connectivity index (χ3v) is 4.04. The molecule has 0 aliphatic carbocycles. The fraction of sp³-hybridized carbons (Fsp3) is 0.125. The van der Waals surface area contributed by atoms with Crippen molar-refractivity contribution in [2.75, 3.05) is 6.61 Å². The Morgan fingerprint density at radius 1 is 1.17 bits per heavy atom. The van der Waals surface area contributed by atoms with Gasteiger partial charge in [-0.1, -0.05) is 24.3 Å². The SMILES string of the molecule is N#Cc1ccccc1OCC(=O)NCc1ccc(S(N)(=O)=O)cc1. The first-order chi connectivity index (χ1) is 11.4. The van der Waals surface area contributed by atoms with Crippen LogP contribution in [0.2, 0.25) is 0 Å². The van der Waals surface area contributed by atoms with Gasteiger partial charge in [-0.3, -0.25) is 4.79 Å². The van der Waals surface area contributed by atoms with Gasteiger partial charge >= 0.3 is 0 Å². The third-order valence-electron chi connectivity index (χ3n) is 3.11. The summed E-state index contributed by atoms with van der Waals surface area (Å²) < 4.78 is 27.6. The van der Waals surface area contributed by atoms with Crippen LogP contribution >= 0.6 is 0 Å². The summed E-state index contributed by atoms with van der Waals surface area (Å²) >= 11 is 0. The molecule has 2 rings (SSSR count). The number of carbonyl (C=O) groups is 1. The molecule has 0 aromatic heterocycles. The number of ether oxygens (including phenoxy) is 1. The highest BCUT2D eigenvalue weighted by Crippen LogP contribution is 2.16. The molecule has 0 bridgehead atoms. The van der Waals surface area contributed by atoms with Crippen LogP contribution in [-0.4, -0.2) is 20.9 Å². The fourth-order valence-corrected chi connectivity index (χ4v) is 2.39. The number of amides is 1. The number of hydrogen-bond donors (Lipinski definition) is 2. The Bertz CT molecular complexity index is 871. The normalized spacial score (nSPS) is 10.7. The van der Waals surface area contributed by atoms with Crippen LogP contribution in [0.4, 0.5) is 0 Å². The number of benzene rings is 2. The molecule has 7 nitrogen and oxygen atoms in total. The van der Waals surface area contributed by atoms with E-state index < -0.39 is 10.0 Å². The molecule has 0 fully saturated rings. The van der Waals surface area contributed by atoms with Crippen LogP contribution in [-0.2, 0) is 21.4 Å². The van der Waals surface area contributed by atoms with Gasteiger partial charge in [-0.25, -0.2) is 13.6 Å². The van der Waals surface area contributed by atoms with E-state index in [4.69, 9.17) is 15.1 Å². The van der Waals surface area contributed by atoms with Crippen LogP contribution in [0, 0.1) is 11.3 Å². The van der Waals surface area contributed by atoms with Crippen molar-refractivity contribution in [2.45, 2.75) is 11.4 Å². The first kappa shape index (κ1) is 17.5. The highest BCUT2D eigenvalue weighted by Gasteiger charge is 2.08. The van der Waals surface area contributed by atoms with E-state index >= 15 is 0 Å². The molecule has 0 unspecified atom stereocenters. The first-order valence-electron chi connectivity index (χ1n) is 6.90. The van der Waals surface area contributed by atoms with Gasteiger partial charge in [0.1, 0.15) is 11.8 Å². The summed E-state index contributed by atoms with van der Waals surface area (Å²) in [6.45, 7) is -0.0130. The van der Waals surface area contributed by atoms with Crippen LogP contribution in [0.25, 0.3) is 0 Å². The zero-order valence-electron chi connectivity index (χ0n) is 12.6. The Morgan fingerprint density at radius 2 is 1.83 bits per heavy atom. The summed E-state index contributed by atoms with van der Waals surface area (Å²) in [6, 6.07) is 14.5. The van der Waals surface area contributed by atoms with E-state index in [1.165, 1.54) is 12.1 Å². The predicted molar refractivity (Wildman–Crippen MR) is 86.3 cm³/mol. The summed E-state index contributed by atoms with van der Waals surface area (Å²) in [5, 5.41) is 16.6. The highest BCUT2D eigenvalue weighted by atomic mass is 32.2. The summed E-state index contributed by atoms with van der Waals surface area (Å²) in [5.41, 5.74) is 1.07. The molecule has 0 aliphatic heterocycles. The van der Waals surface area contributed by atoms with Crippen molar-refractivity contribution in [3.05, 3.63) is 59.7 Å². The molecule has 0 radical (unpaired) electrons. The summed E-state index contributed by atoms with van der Waals surface area (Å²) in [6.07, 6.45) is 0. The van der Waals surface area contributed by atoms with Crippen molar-refractivity contribution >= 4 is 15.9 Å². The van der Waals surface area contributed by atoms with E-state index in [-0.39, 0.29) is 24.0 Å². The lowest BCUT2D eigenvalue weighted by atomic mass is 10.2. The Morgan fingerprint density at radius 3 is 2.46 bits per heavy atom. The lowest BCUT2D eigenvalue weighted by Crippen LogP contribution is -2.28. The maximum atomic E-state index is 11.8. The Kier molecular flexibility index (Phi) is 5.52. The van der Waals surface area contributed by atoms with Gasteiger partial charge in [0.05, 0.1) is 10.5 Å². The highest BCUT2D eigenvalue weighted by molar-refractivity contribution is 7.89. The molecule has 0 spiro atoms. The fourth-order valence-electron chi connectivity index (χ4n) is 1.88. The van der Waals surface area contributed by atoms with Gasteiger partial charge in [0.15, 0.2) is 6.61 Å². The van der Waals surface area contributed by atoms with Crippen molar-refractivity contribution in [1.29, 1.82) is 5.26 Å². The lowest BCUT2D eigenvalue weighted by molar-refractivity contribution is -0.123. The summed E-state index contributed by atoms with van der Waals surface area (Å²) in [4.78, 5) is 11.8. The topological polar surface area (TPSA) is 122 Å². The maximum absolute atomic E-state index is 11.8. The first-order valence-corrected chi connectivity index (χ1v) is 8.45. The van der Waals surface area contributed by atoms with Crippen molar-refractivity contribution in [3.63, 3.8) is 0 Å². The molecule has 0 saturated carbocycles. The summed E-state index contributed by atoms with van der Waals surface area (Å²) in [5.74, 6) is -0.0223. The smallest absolute Gasteiger partial charge is 0.258 e. The number of sulfonamides is 1. The molecule has 0 atom stereocenters. The minimum atomic E-state index is -3.73. The average molecular weight is 345 g/mol. The van der Waals surface area contributed by atoms with E-state index in [2.05, 4.69) is 5.32 Å². The minimum absolute atomic E-state index is 0.00835. The number of nitriles is 1. The molecular weight excluding hydrogens is 330 g/mol. The molecule has 2 aromatic rings. The van der Waals surface area contributed by atoms with Gasteiger partial charge in [-0.15, -0.1) is 0 Å². The minimum Gasteiger partial charge on any atom is -0.482 e. The van der Waals surface area contributed by atoms with Crippen molar-refractivity contribution < 1.29 is 17.9 Å². The Hall–Kier alpha value is -2.89. The zero-order valence-corrected chi connectivity index (χ0v) is 13.4.